The predicted molar refractivity (Wildman–Crippen MR) is 118 cm³/mol. The SMILES string of the molecule is CCN(CC)CCOC(=O)C(O)(C1CCCCC1)C1C(C)CCC(C)C1C.Cl. The number of halogens is 1. The van der Waals surface area contributed by atoms with Crippen LogP contribution in [0.3, 0.4) is 0 Å². The van der Waals surface area contributed by atoms with Gasteiger partial charge in [0.1, 0.15) is 6.61 Å². The second-order valence-electron chi connectivity index (χ2n) is 9.24. The Labute approximate surface area is 179 Å². The molecule has 4 nitrogen and oxygen atoms in total. The molecule has 5 heteroatoms. The van der Waals surface area contributed by atoms with Crippen LogP contribution in [0.2, 0.25) is 0 Å². The van der Waals surface area contributed by atoms with Crippen molar-refractivity contribution in [2.45, 2.75) is 85.2 Å². The van der Waals surface area contributed by atoms with Crippen LogP contribution in [0.25, 0.3) is 0 Å². The minimum Gasteiger partial charge on any atom is -0.462 e. The Hall–Kier alpha value is -0.320. The maximum atomic E-state index is 13.3. The molecule has 0 spiro atoms. The highest BCUT2D eigenvalue weighted by atomic mass is 35.5. The standard InChI is InChI=1S/C23H43NO3.ClH/c1-6-24(7-2)15-16-27-22(25)23(26,20-11-9-8-10-12-20)21-18(4)14-13-17(3)19(21)5;/h17-21,26H,6-16H2,1-5H3;1H. The monoisotopic (exact) mass is 417 g/mol. The van der Waals surface area contributed by atoms with Gasteiger partial charge in [-0.1, -0.05) is 66.7 Å². The van der Waals surface area contributed by atoms with E-state index >= 15 is 0 Å². The van der Waals surface area contributed by atoms with E-state index in [2.05, 4.69) is 39.5 Å². The Bertz CT molecular complexity index is 465. The van der Waals surface area contributed by atoms with Crippen molar-refractivity contribution in [3.05, 3.63) is 0 Å². The van der Waals surface area contributed by atoms with Crippen molar-refractivity contribution in [2.24, 2.45) is 29.6 Å². The molecule has 5 unspecified atom stereocenters. The molecular weight excluding hydrogens is 374 g/mol. The lowest BCUT2D eigenvalue weighted by atomic mass is 9.57. The van der Waals surface area contributed by atoms with Crippen LogP contribution < -0.4 is 0 Å². The first kappa shape index (κ1) is 25.7. The van der Waals surface area contributed by atoms with Gasteiger partial charge in [-0.15, -0.1) is 12.4 Å². The zero-order valence-electron chi connectivity index (χ0n) is 18.8. The molecule has 28 heavy (non-hydrogen) atoms. The van der Waals surface area contributed by atoms with Crippen LogP contribution in [0.4, 0.5) is 0 Å². The molecule has 2 saturated carbocycles. The van der Waals surface area contributed by atoms with Crippen molar-refractivity contribution >= 4 is 18.4 Å². The van der Waals surface area contributed by atoms with Gasteiger partial charge in [0.15, 0.2) is 5.60 Å². The van der Waals surface area contributed by atoms with Gasteiger partial charge in [-0.25, -0.2) is 4.79 Å². The fourth-order valence-electron chi connectivity index (χ4n) is 5.72. The Kier molecular flexibility index (Phi) is 10.8. The van der Waals surface area contributed by atoms with Gasteiger partial charge >= 0.3 is 5.97 Å². The molecule has 166 valence electrons. The minimum absolute atomic E-state index is 0. The Balaban J connectivity index is 0.00000392. The van der Waals surface area contributed by atoms with E-state index in [4.69, 9.17) is 4.74 Å². The van der Waals surface area contributed by atoms with E-state index in [1.807, 2.05) is 0 Å². The minimum atomic E-state index is -1.32. The first-order valence-corrected chi connectivity index (χ1v) is 11.5. The number of rotatable bonds is 8. The summed E-state index contributed by atoms with van der Waals surface area (Å²) < 4.78 is 5.75. The van der Waals surface area contributed by atoms with Gasteiger partial charge in [0, 0.05) is 12.5 Å². The fraction of sp³-hybridized carbons (Fsp3) is 0.957. The molecule has 0 bridgehead atoms. The van der Waals surface area contributed by atoms with Crippen LogP contribution in [-0.2, 0) is 9.53 Å². The van der Waals surface area contributed by atoms with Crippen molar-refractivity contribution in [1.29, 1.82) is 0 Å². The molecule has 2 aliphatic rings. The number of esters is 1. The lowest BCUT2D eigenvalue weighted by Gasteiger charge is -2.50. The van der Waals surface area contributed by atoms with Gasteiger partial charge in [0.2, 0.25) is 0 Å². The number of nitrogens with zero attached hydrogens (tertiary/aromatic N) is 1. The van der Waals surface area contributed by atoms with Crippen LogP contribution in [0, 0.1) is 29.6 Å². The summed E-state index contributed by atoms with van der Waals surface area (Å²) in [6.45, 7) is 14.0. The number of hydrogen-bond acceptors (Lipinski definition) is 4. The molecule has 0 aromatic rings. The number of ether oxygens (including phenoxy) is 1. The van der Waals surface area contributed by atoms with E-state index in [1.165, 1.54) is 12.8 Å². The average Bonchev–Trinajstić information content (AvgIpc) is 2.68. The van der Waals surface area contributed by atoms with Crippen LogP contribution >= 0.6 is 12.4 Å². The van der Waals surface area contributed by atoms with Crippen molar-refractivity contribution in [3.8, 4) is 0 Å². The molecule has 2 rings (SSSR count). The Morgan fingerprint density at radius 1 is 1.00 bits per heavy atom. The highest BCUT2D eigenvalue weighted by molar-refractivity contribution is 5.85. The summed E-state index contributed by atoms with van der Waals surface area (Å²) in [7, 11) is 0. The van der Waals surface area contributed by atoms with Crippen molar-refractivity contribution < 1.29 is 14.6 Å². The van der Waals surface area contributed by atoms with E-state index in [-0.39, 0.29) is 30.2 Å². The number of carbonyl (C=O) groups excluding carboxylic acids is 1. The fourth-order valence-corrected chi connectivity index (χ4v) is 5.72. The van der Waals surface area contributed by atoms with Crippen molar-refractivity contribution in [1.82, 2.24) is 4.90 Å². The Morgan fingerprint density at radius 2 is 1.57 bits per heavy atom. The lowest BCUT2D eigenvalue weighted by Crippen LogP contribution is -2.59. The maximum Gasteiger partial charge on any atom is 0.338 e. The molecule has 1 N–H and O–H groups in total. The molecule has 0 amide bonds. The van der Waals surface area contributed by atoms with Crippen LogP contribution in [0.1, 0.15) is 79.6 Å². The van der Waals surface area contributed by atoms with Gasteiger partial charge in [-0.3, -0.25) is 0 Å². The van der Waals surface area contributed by atoms with Crippen LogP contribution in [0.15, 0.2) is 0 Å². The van der Waals surface area contributed by atoms with Gasteiger partial charge in [0.25, 0.3) is 0 Å². The van der Waals surface area contributed by atoms with Crippen molar-refractivity contribution in [3.63, 3.8) is 0 Å². The summed E-state index contributed by atoms with van der Waals surface area (Å²) in [4.78, 5) is 15.6. The normalized spacial score (nSPS) is 31.1. The molecule has 0 heterocycles. The molecule has 0 radical (unpaired) electrons. The smallest absolute Gasteiger partial charge is 0.338 e. The topological polar surface area (TPSA) is 49.8 Å². The molecule has 0 aliphatic heterocycles. The van der Waals surface area contributed by atoms with E-state index < -0.39 is 5.60 Å². The van der Waals surface area contributed by atoms with Crippen molar-refractivity contribution in [2.75, 3.05) is 26.2 Å². The van der Waals surface area contributed by atoms with E-state index in [1.54, 1.807) is 0 Å². The van der Waals surface area contributed by atoms with Gasteiger partial charge in [-0.2, -0.15) is 0 Å². The average molecular weight is 418 g/mol. The summed E-state index contributed by atoms with van der Waals surface area (Å²) in [6, 6.07) is 0. The summed E-state index contributed by atoms with van der Waals surface area (Å²) in [6.07, 6.45) is 7.64. The third-order valence-corrected chi connectivity index (χ3v) is 7.75. The molecule has 2 fully saturated rings. The highest BCUT2D eigenvalue weighted by Crippen LogP contribution is 2.49. The van der Waals surface area contributed by atoms with E-state index in [0.29, 0.717) is 24.4 Å². The van der Waals surface area contributed by atoms with E-state index in [9.17, 15) is 9.90 Å². The summed E-state index contributed by atoms with van der Waals surface area (Å²) in [5, 5.41) is 12.0. The summed E-state index contributed by atoms with van der Waals surface area (Å²) in [5.41, 5.74) is -1.32. The highest BCUT2D eigenvalue weighted by Gasteiger charge is 2.56. The Morgan fingerprint density at radius 3 is 2.14 bits per heavy atom. The zero-order valence-corrected chi connectivity index (χ0v) is 19.6. The van der Waals surface area contributed by atoms with Gasteiger partial charge < -0.3 is 14.7 Å². The summed E-state index contributed by atoms with van der Waals surface area (Å²) in [5.74, 6) is 0.955. The molecule has 2 aliphatic carbocycles. The molecule has 5 atom stereocenters. The zero-order chi connectivity index (χ0) is 20.0. The first-order chi connectivity index (χ1) is 12.9. The second-order valence-corrected chi connectivity index (χ2v) is 9.24. The lowest BCUT2D eigenvalue weighted by molar-refractivity contribution is -0.195. The summed E-state index contributed by atoms with van der Waals surface area (Å²) >= 11 is 0. The van der Waals surface area contributed by atoms with Gasteiger partial charge in [0.05, 0.1) is 0 Å². The third kappa shape index (κ3) is 5.64. The quantitative estimate of drug-likeness (QED) is 0.569. The molecule has 0 aromatic heterocycles. The molecular formula is C23H44ClNO3. The van der Waals surface area contributed by atoms with E-state index in [0.717, 1.165) is 51.7 Å². The van der Waals surface area contributed by atoms with Crippen LogP contribution in [0.5, 0.6) is 0 Å². The predicted octanol–water partition coefficient (Wildman–Crippen LogP) is 4.92. The largest absolute Gasteiger partial charge is 0.462 e. The maximum absolute atomic E-state index is 13.3. The second kappa shape index (κ2) is 11.8. The van der Waals surface area contributed by atoms with Gasteiger partial charge in [-0.05, 0) is 49.6 Å². The number of carbonyl (C=O) groups is 1. The third-order valence-electron chi connectivity index (χ3n) is 7.75. The molecule has 0 aromatic carbocycles. The molecule has 0 saturated heterocycles. The number of likely N-dealkylation sites (N-methyl/N-ethyl adjacent to an activating group) is 1. The number of aliphatic hydroxyl groups is 1. The van der Waals surface area contributed by atoms with Crippen LogP contribution in [-0.4, -0.2) is 47.8 Å². The number of hydrogen-bond donors (Lipinski definition) is 1. The first-order valence-electron chi connectivity index (χ1n) is 11.5.